The Morgan fingerprint density at radius 2 is 1.76 bits per heavy atom. The molecule has 0 aliphatic rings. The van der Waals surface area contributed by atoms with E-state index in [9.17, 15) is 4.79 Å². The van der Waals surface area contributed by atoms with Crippen LogP contribution in [-0.4, -0.2) is 25.7 Å². The van der Waals surface area contributed by atoms with E-state index in [1.165, 1.54) is 6.92 Å². The minimum absolute atomic E-state index is 0.0925. The Balaban J connectivity index is 2.01. The van der Waals surface area contributed by atoms with E-state index < -0.39 is 0 Å². The van der Waals surface area contributed by atoms with Gasteiger partial charge in [0.15, 0.2) is 5.82 Å². The summed E-state index contributed by atoms with van der Waals surface area (Å²) in [5.41, 5.74) is 4.24. The van der Waals surface area contributed by atoms with E-state index in [1.54, 1.807) is 4.68 Å². The van der Waals surface area contributed by atoms with Crippen molar-refractivity contribution in [3.05, 3.63) is 35.8 Å². The Kier molecular flexibility index (Phi) is 4.39. The number of benzene rings is 1. The summed E-state index contributed by atoms with van der Waals surface area (Å²) < 4.78 is 1.79. The van der Waals surface area contributed by atoms with Crippen LogP contribution in [0.3, 0.4) is 0 Å². The van der Waals surface area contributed by atoms with Gasteiger partial charge < -0.3 is 10.6 Å². The first-order valence-corrected chi connectivity index (χ1v) is 8.21. The maximum atomic E-state index is 11.1. The van der Waals surface area contributed by atoms with Gasteiger partial charge in [-0.05, 0) is 31.2 Å². The van der Waals surface area contributed by atoms with Gasteiger partial charge >= 0.3 is 0 Å². The van der Waals surface area contributed by atoms with Gasteiger partial charge in [-0.2, -0.15) is 5.10 Å². The third-order valence-electron chi connectivity index (χ3n) is 3.85. The van der Waals surface area contributed by atoms with E-state index in [-0.39, 0.29) is 11.8 Å². The van der Waals surface area contributed by atoms with Crippen LogP contribution in [0.5, 0.6) is 0 Å². The second-order valence-corrected chi connectivity index (χ2v) is 6.37. The molecule has 0 spiro atoms. The van der Waals surface area contributed by atoms with Crippen LogP contribution >= 0.6 is 0 Å². The number of amides is 1. The standard InChI is InChI=1S/C18H22N6O/c1-10(2)17-21-15-11(3)23-24(5)16(15)18(22-17)20-14-8-6-13(7-9-14)19-12(4)25/h6-10H,1-5H3,(H,19,25)(H,20,21,22). The summed E-state index contributed by atoms with van der Waals surface area (Å²) in [6.45, 7) is 7.57. The molecule has 2 heterocycles. The van der Waals surface area contributed by atoms with Gasteiger partial charge in [0.25, 0.3) is 0 Å². The predicted molar refractivity (Wildman–Crippen MR) is 99.2 cm³/mol. The highest BCUT2D eigenvalue weighted by atomic mass is 16.1. The fraction of sp³-hybridized carbons (Fsp3) is 0.333. The molecule has 7 heteroatoms. The van der Waals surface area contributed by atoms with E-state index in [2.05, 4.69) is 39.5 Å². The number of aromatic nitrogens is 4. The van der Waals surface area contributed by atoms with E-state index in [0.717, 1.165) is 39.7 Å². The number of nitrogens with zero attached hydrogens (tertiary/aromatic N) is 4. The van der Waals surface area contributed by atoms with Crippen molar-refractivity contribution in [1.82, 2.24) is 19.7 Å². The van der Waals surface area contributed by atoms with E-state index in [0.29, 0.717) is 0 Å². The van der Waals surface area contributed by atoms with Gasteiger partial charge in [0.1, 0.15) is 16.9 Å². The maximum absolute atomic E-state index is 11.1. The molecule has 3 aromatic rings. The zero-order valence-corrected chi connectivity index (χ0v) is 15.1. The van der Waals surface area contributed by atoms with Gasteiger partial charge in [-0.1, -0.05) is 13.8 Å². The molecule has 0 aliphatic heterocycles. The summed E-state index contributed by atoms with van der Waals surface area (Å²) in [5, 5.41) is 10.6. The first kappa shape index (κ1) is 16.9. The zero-order valence-electron chi connectivity index (χ0n) is 15.1. The highest BCUT2D eigenvalue weighted by Crippen LogP contribution is 2.27. The summed E-state index contributed by atoms with van der Waals surface area (Å²) in [5.74, 6) is 1.63. The molecule has 0 aliphatic carbocycles. The van der Waals surface area contributed by atoms with E-state index >= 15 is 0 Å². The number of rotatable bonds is 4. The molecule has 0 atom stereocenters. The van der Waals surface area contributed by atoms with Crippen LogP contribution in [-0.2, 0) is 11.8 Å². The molecule has 0 radical (unpaired) electrons. The first-order chi connectivity index (χ1) is 11.8. The third kappa shape index (κ3) is 3.45. The molecule has 0 saturated heterocycles. The third-order valence-corrected chi connectivity index (χ3v) is 3.85. The summed E-state index contributed by atoms with van der Waals surface area (Å²) in [7, 11) is 1.89. The van der Waals surface area contributed by atoms with Crippen LogP contribution in [0.4, 0.5) is 17.2 Å². The Morgan fingerprint density at radius 3 is 2.36 bits per heavy atom. The molecule has 1 aromatic carbocycles. The molecule has 0 fully saturated rings. The second-order valence-electron chi connectivity index (χ2n) is 6.37. The van der Waals surface area contributed by atoms with E-state index in [4.69, 9.17) is 0 Å². The number of fused-ring (bicyclic) bond motifs is 1. The lowest BCUT2D eigenvalue weighted by atomic mass is 10.2. The van der Waals surface area contributed by atoms with Crippen LogP contribution in [0.1, 0.15) is 38.2 Å². The van der Waals surface area contributed by atoms with Crippen LogP contribution in [0.2, 0.25) is 0 Å². The molecule has 3 rings (SSSR count). The van der Waals surface area contributed by atoms with Crippen molar-refractivity contribution in [3.8, 4) is 0 Å². The Labute approximate surface area is 146 Å². The number of anilines is 3. The second kappa shape index (κ2) is 6.51. The van der Waals surface area contributed by atoms with Gasteiger partial charge in [-0.15, -0.1) is 0 Å². The molecule has 7 nitrogen and oxygen atoms in total. The number of carbonyl (C=O) groups excluding carboxylic acids is 1. The van der Waals surface area contributed by atoms with Crippen LogP contribution in [0, 0.1) is 6.92 Å². The Hall–Kier alpha value is -2.96. The predicted octanol–water partition coefficient (Wildman–Crippen LogP) is 3.50. The monoisotopic (exact) mass is 338 g/mol. The number of aryl methyl sites for hydroxylation is 2. The Morgan fingerprint density at radius 1 is 1.12 bits per heavy atom. The fourth-order valence-electron chi connectivity index (χ4n) is 2.68. The van der Waals surface area contributed by atoms with Crippen molar-refractivity contribution >= 4 is 34.1 Å². The highest BCUT2D eigenvalue weighted by molar-refractivity contribution is 5.90. The van der Waals surface area contributed by atoms with Crippen molar-refractivity contribution in [2.45, 2.75) is 33.6 Å². The molecule has 0 bridgehead atoms. The fourth-order valence-corrected chi connectivity index (χ4v) is 2.68. The van der Waals surface area contributed by atoms with Gasteiger partial charge in [0.05, 0.1) is 5.69 Å². The smallest absolute Gasteiger partial charge is 0.221 e. The molecule has 1 amide bonds. The minimum atomic E-state index is -0.0925. The minimum Gasteiger partial charge on any atom is -0.338 e. The molecule has 2 N–H and O–H groups in total. The van der Waals surface area contributed by atoms with Crippen LogP contribution < -0.4 is 10.6 Å². The van der Waals surface area contributed by atoms with Crippen molar-refractivity contribution in [3.63, 3.8) is 0 Å². The molecular formula is C18H22N6O. The Bertz CT molecular complexity index is 927. The number of hydrogen-bond donors (Lipinski definition) is 2. The summed E-state index contributed by atoms with van der Waals surface area (Å²) in [6, 6.07) is 7.49. The summed E-state index contributed by atoms with van der Waals surface area (Å²) >= 11 is 0. The van der Waals surface area contributed by atoms with Crippen molar-refractivity contribution in [1.29, 1.82) is 0 Å². The lowest BCUT2D eigenvalue weighted by Crippen LogP contribution is -2.06. The molecule has 0 saturated carbocycles. The summed E-state index contributed by atoms with van der Waals surface area (Å²) in [6.07, 6.45) is 0. The molecular weight excluding hydrogens is 316 g/mol. The lowest BCUT2D eigenvalue weighted by molar-refractivity contribution is -0.114. The largest absolute Gasteiger partial charge is 0.338 e. The molecule has 2 aromatic heterocycles. The maximum Gasteiger partial charge on any atom is 0.221 e. The first-order valence-electron chi connectivity index (χ1n) is 8.21. The van der Waals surface area contributed by atoms with Gasteiger partial charge in [0.2, 0.25) is 5.91 Å². The molecule has 130 valence electrons. The SMILES string of the molecule is CC(=O)Nc1ccc(Nc2nc(C(C)C)nc3c(C)nn(C)c23)cc1. The highest BCUT2D eigenvalue weighted by Gasteiger charge is 2.16. The zero-order chi connectivity index (χ0) is 18.1. The van der Waals surface area contributed by atoms with Gasteiger partial charge in [-0.25, -0.2) is 9.97 Å². The van der Waals surface area contributed by atoms with Crippen molar-refractivity contribution in [2.24, 2.45) is 7.05 Å². The quantitative estimate of drug-likeness (QED) is 0.760. The average Bonchev–Trinajstić information content (AvgIpc) is 2.83. The number of carbonyl (C=O) groups is 1. The van der Waals surface area contributed by atoms with Crippen molar-refractivity contribution in [2.75, 3.05) is 10.6 Å². The average molecular weight is 338 g/mol. The molecule has 25 heavy (non-hydrogen) atoms. The van der Waals surface area contributed by atoms with Crippen LogP contribution in [0.25, 0.3) is 11.0 Å². The topological polar surface area (TPSA) is 84.7 Å². The van der Waals surface area contributed by atoms with E-state index in [1.807, 2.05) is 38.2 Å². The molecule has 0 unspecified atom stereocenters. The van der Waals surface area contributed by atoms with Gasteiger partial charge in [-0.3, -0.25) is 9.48 Å². The van der Waals surface area contributed by atoms with Crippen molar-refractivity contribution < 1.29 is 4.79 Å². The van der Waals surface area contributed by atoms with Gasteiger partial charge in [0, 0.05) is 31.3 Å². The van der Waals surface area contributed by atoms with Crippen LogP contribution in [0.15, 0.2) is 24.3 Å². The number of nitrogens with one attached hydrogen (secondary N) is 2. The number of hydrogen-bond acceptors (Lipinski definition) is 5. The lowest BCUT2D eigenvalue weighted by Gasteiger charge is -2.12. The summed E-state index contributed by atoms with van der Waals surface area (Å²) in [4.78, 5) is 20.5. The normalized spacial score (nSPS) is 11.1.